The van der Waals surface area contributed by atoms with Crippen LogP contribution in [0.3, 0.4) is 0 Å². The molecule has 0 bridgehead atoms. The Morgan fingerprint density at radius 3 is 2.16 bits per heavy atom. The van der Waals surface area contributed by atoms with Crippen LogP contribution in [-0.2, 0) is 0 Å². The largest absolute Gasteiger partial charge is 0.457 e. The Bertz CT molecular complexity index is 1350. The van der Waals surface area contributed by atoms with E-state index in [1.54, 1.807) is 18.2 Å². The Balaban J connectivity index is 1.48. The maximum Gasteiger partial charge on any atom is 0.140 e. The summed E-state index contributed by atoms with van der Waals surface area (Å²) in [7, 11) is 0. The van der Waals surface area contributed by atoms with Crippen LogP contribution in [0.1, 0.15) is 0 Å². The molecule has 152 valence electrons. The van der Waals surface area contributed by atoms with Crippen LogP contribution in [0.5, 0.6) is 23.0 Å². The summed E-state index contributed by atoms with van der Waals surface area (Å²) in [5, 5.41) is 0.708. The molecule has 5 rings (SSSR count). The van der Waals surface area contributed by atoms with Gasteiger partial charge >= 0.3 is 0 Å². The van der Waals surface area contributed by atoms with Gasteiger partial charge in [0.25, 0.3) is 0 Å². The summed E-state index contributed by atoms with van der Waals surface area (Å²) in [6, 6.07) is 25.0. The fraction of sp³-hybridized carbons (Fsp3) is 0. The molecule has 5 aromatic rings. The number of ether oxygens (including phenoxy) is 2. The normalized spacial score (nSPS) is 10.9. The molecular formula is C25H15F2NO2S. The van der Waals surface area contributed by atoms with Crippen molar-refractivity contribution < 1.29 is 18.3 Å². The first kappa shape index (κ1) is 19.2. The van der Waals surface area contributed by atoms with E-state index in [2.05, 4.69) is 0 Å². The molecule has 0 fully saturated rings. The summed E-state index contributed by atoms with van der Waals surface area (Å²) in [5.74, 6) is 1.44. The molecule has 0 spiro atoms. The van der Waals surface area contributed by atoms with E-state index < -0.39 is 0 Å². The standard InChI is InChI=1S/C25H15F2NO2S/c26-16-6-9-19(10-7-16)29-20-11-13-24-22(15-20)28-25(31-24)21-12-8-17(27)14-23(21)30-18-4-2-1-3-5-18/h1-15H. The number of benzene rings is 4. The minimum absolute atomic E-state index is 0.320. The Morgan fingerprint density at radius 2 is 1.35 bits per heavy atom. The first-order valence-electron chi connectivity index (χ1n) is 9.51. The van der Waals surface area contributed by atoms with E-state index in [0.29, 0.717) is 33.6 Å². The lowest BCUT2D eigenvalue weighted by Crippen LogP contribution is -1.89. The van der Waals surface area contributed by atoms with E-state index in [1.807, 2.05) is 48.5 Å². The number of aromatic nitrogens is 1. The number of nitrogens with zero attached hydrogens (tertiary/aromatic N) is 1. The van der Waals surface area contributed by atoms with Gasteiger partial charge in [-0.1, -0.05) is 18.2 Å². The molecule has 6 heteroatoms. The zero-order valence-electron chi connectivity index (χ0n) is 16.1. The lowest BCUT2D eigenvalue weighted by Gasteiger charge is -2.09. The zero-order chi connectivity index (χ0) is 21.2. The van der Waals surface area contributed by atoms with Gasteiger partial charge < -0.3 is 9.47 Å². The van der Waals surface area contributed by atoms with Gasteiger partial charge in [-0.3, -0.25) is 0 Å². The molecule has 31 heavy (non-hydrogen) atoms. The van der Waals surface area contributed by atoms with Crippen LogP contribution in [-0.4, -0.2) is 4.98 Å². The monoisotopic (exact) mass is 431 g/mol. The maximum absolute atomic E-state index is 13.9. The van der Waals surface area contributed by atoms with Gasteiger partial charge in [-0.05, 0) is 60.7 Å². The Morgan fingerprint density at radius 1 is 0.645 bits per heavy atom. The second-order valence-electron chi connectivity index (χ2n) is 6.76. The van der Waals surface area contributed by atoms with E-state index in [4.69, 9.17) is 14.5 Å². The minimum Gasteiger partial charge on any atom is -0.457 e. The molecule has 3 nitrogen and oxygen atoms in total. The van der Waals surface area contributed by atoms with Crippen LogP contribution in [0.4, 0.5) is 8.78 Å². The molecule has 0 N–H and O–H groups in total. The van der Waals surface area contributed by atoms with E-state index in [1.165, 1.54) is 35.6 Å². The van der Waals surface area contributed by atoms with Gasteiger partial charge in [0.15, 0.2) is 0 Å². The number of halogens is 2. The van der Waals surface area contributed by atoms with Crippen LogP contribution in [0, 0.1) is 11.6 Å². The van der Waals surface area contributed by atoms with Gasteiger partial charge in [0, 0.05) is 12.1 Å². The topological polar surface area (TPSA) is 31.4 Å². The fourth-order valence-electron chi connectivity index (χ4n) is 3.10. The molecule has 0 radical (unpaired) electrons. The van der Waals surface area contributed by atoms with Crippen molar-refractivity contribution >= 4 is 21.6 Å². The van der Waals surface area contributed by atoms with Crippen molar-refractivity contribution in [3.63, 3.8) is 0 Å². The zero-order valence-corrected chi connectivity index (χ0v) is 16.9. The summed E-state index contributed by atoms with van der Waals surface area (Å²) in [5.41, 5.74) is 1.45. The van der Waals surface area contributed by atoms with Crippen molar-refractivity contribution in [1.29, 1.82) is 0 Å². The first-order valence-corrected chi connectivity index (χ1v) is 10.3. The minimum atomic E-state index is -0.384. The van der Waals surface area contributed by atoms with Gasteiger partial charge in [-0.15, -0.1) is 11.3 Å². The van der Waals surface area contributed by atoms with Gasteiger partial charge in [0.1, 0.15) is 39.6 Å². The van der Waals surface area contributed by atoms with Gasteiger partial charge in [0.2, 0.25) is 0 Å². The van der Waals surface area contributed by atoms with E-state index in [-0.39, 0.29) is 11.6 Å². The summed E-state index contributed by atoms with van der Waals surface area (Å²) in [6.07, 6.45) is 0. The SMILES string of the molecule is Fc1ccc(Oc2ccc3sc(-c4ccc(F)cc4Oc4ccccc4)nc3c2)cc1. The molecule has 0 aliphatic rings. The lowest BCUT2D eigenvalue weighted by molar-refractivity contribution is 0.478. The second kappa shape index (κ2) is 8.16. The highest BCUT2D eigenvalue weighted by Crippen LogP contribution is 2.39. The molecular weight excluding hydrogens is 416 g/mol. The summed E-state index contributed by atoms with van der Waals surface area (Å²) in [6.45, 7) is 0. The molecule has 0 saturated heterocycles. The van der Waals surface area contributed by atoms with Gasteiger partial charge in [0.05, 0.1) is 15.8 Å². The van der Waals surface area contributed by atoms with Crippen LogP contribution in [0.2, 0.25) is 0 Å². The fourth-order valence-corrected chi connectivity index (χ4v) is 4.07. The van der Waals surface area contributed by atoms with Crippen molar-refractivity contribution in [2.75, 3.05) is 0 Å². The summed E-state index contributed by atoms with van der Waals surface area (Å²) in [4.78, 5) is 4.71. The second-order valence-corrected chi connectivity index (χ2v) is 7.79. The molecule has 0 saturated carbocycles. The average Bonchev–Trinajstić information content (AvgIpc) is 3.19. The number of para-hydroxylation sites is 1. The molecule has 4 aromatic carbocycles. The van der Waals surface area contributed by atoms with Crippen molar-refractivity contribution in [2.24, 2.45) is 0 Å². The third-order valence-corrected chi connectivity index (χ3v) is 5.62. The number of hydrogen-bond donors (Lipinski definition) is 0. The number of fused-ring (bicyclic) bond motifs is 1. The average molecular weight is 431 g/mol. The molecule has 0 aliphatic carbocycles. The molecule has 0 amide bonds. The predicted octanol–water partition coefficient (Wildman–Crippen LogP) is 7.83. The highest BCUT2D eigenvalue weighted by molar-refractivity contribution is 7.21. The quantitative estimate of drug-likeness (QED) is 0.284. The van der Waals surface area contributed by atoms with E-state index in [0.717, 1.165) is 10.2 Å². The van der Waals surface area contributed by atoms with Crippen molar-refractivity contribution in [2.45, 2.75) is 0 Å². The number of rotatable bonds is 5. The molecule has 0 unspecified atom stereocenters. The Hall–Kier alpha value is -3.77. The van der Waals surface area contributed by atoms with Gasteiger partial charge in [-0.25, -0.2) is 13.8 Å². The predicted molar refractivity (Wildman–Crippen MR) is 118 cm³/mol. The van der Waals surface area contributed by atoms with Crippen molar-refractivity contribution in [3.8, 4) is 33.6 Å². The van der Waals surface area contributed by atoms with Crippen LogP contribution in [0.25, 0.3) is 20.8 Å². The van der Waals surface area contributed by atoms with E-state index in [9.17, 15) is 8.78 Å². The summed E-state index contributed by atoms with van der Waals surface area (Å²) >= 11 is 1.48. The number of thiazole rings is 1. The molecule has 1 heterocycles. The maximum atomic E-state index is 13.9. The molecule has 0 atom stereocenters. The van der Waals surface area contributed by atoms with Crippen LogP contribution < -0.4 is 9.47 Å². The summed E-state index contributed by atoms with van der Waals surface area (Å²) < 4.78 is 39.7. The highest BCUT2D eigenvalue weighted by Gasteiger charge is 2.14. The van der Waals surface area contributed by atoms with Crippen molar-refractivity contribution in [3.05, 3.63) is 103 Å². The molecule has 1 aromatic heterocycles. The smallest absolute Gasteiger partial charge is 0.140 e. The Kier molecular flexibility index (Phi) is 5.06. The van der Waals surface area contributed by atoms with Gasteiger partial charge in [-0.2, -0.15) is 0 Å². The third kappa shape index (κ3) is 4.25. The Labute approximate surface area is 181 Å². The number of hydrogen-bond acceptors (Lipinski definition) is 4. The first-order chi connectivity index (χ1) is 15.1. The molecule has 0 aliphatic heterocycles. The third-order valence-electron chi connectivity index (χ3n) is 4.55. The highest BCUT2D eigenvalue weighted by atomic mass is 32.1. The van der Waals surface area contributed by atoms with Crippen LogP contribution in [0.15, 0.2) is 91.0 Å². The van der Waals surface area contributed by atoms with E-state index >= 15 is 0 Å². The lowest BCUT2D eigenvalue weighted by atomic mass is 10.2. The van der Waals surface area contributed by atoms with Crippen LogP contribution >= 0.6 is 11.3 Å². The van der Waals surface area contributed by atoms with Crippen molar-refractivity contribution in [1.82, 2.24) is 4.98 Å².